The van der Waals surface area contributed by atoms with Gasteiger partial charge in [-0.05, 0) is 12.1 Å². The van der Waals surface area contributed by atoms with Crippen LogP contribution in [0.2, 0.25) is 0 Å². The zero-order chi connectivity index (χ0) is 14.7. The van der Waals surface area contributed by atoms with Gasteiger partial charge in [-0.25, -0.2) is 9.69 Å². The van der Waals surface area contributed by atoms with Crippen molar-refractivity contribution in [2.45, 2.75) is 5.22 Å². The number of nitrogens with zero attached hydrogens (tertiary/aromatic N) is 4. The van der Waals surface area contributed by atoms with Crippen molar-refractivity contribution in [2.24, 2.45) is 0 Å². The second kappa shape index (κ2) is 5.92. The number of thioether (sulfide) groups is 1. The minimum absolute atomic E-state index is 0.0315. The summed E-state index contributed by atoms with van der Waals surface area (Å²) < 4.78 is 10.1. The van der Waals surface area contributed by atoms with Gasteiger partial charge in [0.25, 0.3) is 5.22 Å². The molecule has 0 bridgehead atoms. The monoisotopic (exact) mass is 306 g/mol. The Morgan fingerprint density at radius 3 is 3.05 bits per heavy atom. The third-order valence-electron chi connectivity index (χ3n) is 2.70. The van der Waals surface area contributed by atoms with Crippen molar-refractivity contribution in [3.05, 3.63) is 24.5 Å². The van der Waals surface area contributed by atoms with Gasteiger partial charge in [0.1, 0.15) is 6.61 Å². The van der Waals surface area contributed by atoms with Gasteiger partial charge in [0.05, 0.1) is 17.9 Å². The van der Waals surface area contributed by atoms with Crippen LogP contribution in [0.1, 0.15) is 0 Å². The number of amides is 2. The summed E-state index contributed by atoms with van der Waals surface area (Å²) in [6, 6.07) is 3.55. The van der Waals surface area contributed by atoms with Crippen LogP contribution >= 0.6 is 11.8 Å². The quantitative estimate of drug-likeness (QED) is 0.777. The summed E-state index contributed by atoms with van der Waals surface area (Å²) in [7, 11) is 0. The van der Waals surface area contributed by atoms with E-state index in [0.29, 0.717) is 11.5 Å². The first-order valence-electron chi connectivity index (χ1n) is 6.08. The lowest BCUT2D eigenvalue weighted by Crippen LogP contribution is -2.32. The van der Waals surface area contributed by atoms with Crippen LogP contribution in [-0.2, 0) is 9.53 Å². The Morgan fingerprint density at radius 2 is 2.33 bits per heavy atom. The summed E-state index contributed by atoms with van der Waals surface area (Å²) in [6.07, 6.45) is 2.64. The smallest absolute Gasteiger partial charge is 0.416 e. The predicted molar refractivity (Wildman–Crippen MR) is 71.3 cm³/mol. The Labute approximate surface area is 123 Å². The standard InChI is InChI=1S/C12H10N4O4S/c17-9(16-4-5-19-12(16)18)7-21-11-15-14-10(20-11)8-2-1-3-13-6-8/h1-3,6H,4-5,7H2. The van der Waals surface area contributed by atoms with Crippen molar-refractivity contribution >= 4 is 23.8 Å². The molecule has 2 aromatic rings. The van der Waals surface area contributed by atoms with Crippen LogP contribution in [0.5, 0.6) is 0 Å². The van der Waals surface area contributed by atoms with E-state index in [2.05, 4.69) is 15.2 Å². The second-order valence-electron chi connectivity index (χ2n) is 4.06. The second-order valence-corrected chi connectivity index (χ2v) is 4.99. The molecule has 0 radical (unpaired) electrons. The minimum atomic E-state index is -0.609. The van der Waals surface area contributed by atoms with Gasteiger partial charge in [-0.3, -0.25) is 9.78 Å². The molecule has 108 valence electrons. The van der Waals surface area contributed by atoms with Crippen molar-refractivity contribution in [1.29, 1.82) is 0 Å². The Balaban J connectivity index is 1.60. The van der Waals surface area contributed by atoms with E-state index in [9.17, 15) is 9.59 Å². The number of imide groups is 1. The molecule has 9 heteroatoms. The summed E-state index contributed by atoms with van der Waals surface area (Å²) in [6.45, 7) is 0.518. The molecule has 0 aliphatic carbocycles. The number of pyridine rings is 1. The third-order valence-corrected chi connectivity index (χ3v) is 3.50. The fourth-order valence-corrected chi connectivity index (χ4v) is 2.33. The van der Waals surface area contributed by atoms with E-state index in [-0.39, 0.29) is 30.0 Å². The maximum absolute atomic E-state index is 11.8. The Bertz CT molecular complexity index is 660. The SMILES string of the molecule is O=C(CSc1nnc(-c2cccnc2)o1)N1CCOC1=O. The lowest BCUT2D eigenvalue weighted by atomic mass is 10.3. The molecule has 1 aliphatic rings. The lowest BCUT2D eigenvalue weighted by Gasteiger charge is -2.08. The fraction of sp³-hybridized carbons (Fsp3) is 0.250. The summed E-state index contributed by atoms with van der Waals surface area (Å²) >= 11 is 1.07. The first-order valence-corrected chi connectivity index (χ1v) is 7.06. The number of aromatic nitrogens is 3. The average molecular weight is 306 g/mol. The molecule has 0 aromatic carbocycles. The molecular weight excluding hydrogens is 296 g/mol. The van der Waals surface area contributed by atoms with Crippen molar-refractivity contribution in [3.63, 3.8) is 0 Å². The van der Waals surface area contributed by atoms with Gasteiger partial charge in [-0.1, -0.05) is 11.8 Å². The van der Waals surface area contributed by atoms with Crippen LogP contribution in [0.4, 0.5) is 4.79 Å². The largest absolute Gasteiger partial charge is 0.447 e. The topological polar surface area (TPSA) is 98.4 Å². The minimum Gasteiger partial charge on any atom is -0.447 e. The lowest BCUT2D eigenvalue weighted by molar-refractivity contribution is -0.125. The predicted octanol–water partition coefficient (Wildman–Crippen LogP) is 1.20. The summed E-state index contributed by atoms with van der Waals surface area (Å²) in [5, 5.41) is 7.98. The van der Waals surface area contributed by atoms with Crippen molar-refractivity contribution in [1.82, 2.24) is 20.1 Å². The molecule has 8 nitrogen and oxygen atoms in total. The molecule has 0 unspecified atom stereocenters. The molecule has 0 saturated carbocycles. The molecule has 1 aliphatic heterocycles. The van der Waals surface area contributed by atoms with Gasteiger partial charge in [0, 0.05) is 12.4 Å². The van der Waals surface area contributed by atoms with E-state index < -0.39 is 6.09 Å². The van der Waals surface area contributed by atoms with E-state index in [4.69, 9.17) is 9.15 Å². The number of rotatable bonds is 4. The summed E-state index contributed by atoms with van der Waals surface area (Å²) in [5.41, 5.74) is 0.700. The highest BCUT2D eigenvalue weighted by atomic mass is 32.2. The molecule has 2 aromatic heterocycles. The van der Waals surface area contributed by atoms with E-state index in [0.717, 1.165) is 16.7 Å². The van der Waals surface area contributed by atoms with Gasteiger partial charge < -0.3 is 9.15 Å². The normalized spacial score (nSPS) is 14.3. The first-order chi connectivity index (χ1) is 10.2. The number of carbonyl (C=O) groups is 2. The molecular formula is C12H10N4O4S. The number of hydrogen-bond acceptors (Lipinski definition) is 8. The zero-order valence-electron chi connectivity index (χ0n) is 10.8. The van der Waals surface area contributed by atoms with Crippen LogP contribution in [0.25, 0.3) is 11.5 Å². The van der Waals surface area contributed by atoms with Gasteiger partial charge in [0.2, 0.25) is 11.8 Å². The van der Waals surface area contributed by atoms with E-state index in [1.54, 1.807) is 24.5 Å². The molecule has 0 N–H and O–H groups in total. The molecule has 3 heterocycles. The molecule has 21 heavy (non-hydrogen) atoms. The van der Waals surface area contributed by atoms with E-state index >= 15 is 0 Å². The third kappa shape index (κ3) is 3.02. The number of carbonyl (C=O) groups excluding carboxylic acids is 2. The van der Waals surface area contributed by atoms with Crippen LogP contribution < -0.4 is 0 Å². The van der Waals surface area contributed by atoms with Crippen LogP contribution in [0.15, 0.2) is 34.2 Å². The first kappa shape index (κ1) is 13.6. The molecule has 3 rings (SSSR count). The van der Waals surface area contributed by atoms with Crippen molar-refractivity contribution < 1.29 is 18.7 Å². The molecule has 0 atom stereocenters. The van der Waals surface area contributed by atoms with Crippen LogP contribution in [0, 0.1) is 0 Å². The Hall–Kier alpha value is -2.42. The average Bonchev–Trinajstić information content (AvgIpc) is 3.15. The summed E-state index contributed by atoms with van der Waals surface area (Å²) in [5.74, 6) is 0.0197. The maximum Gasteiger partial charge on any atom is 0.416 e. The highest BCUT2D eigenvalue weighted by molar-refractivity contribution is 7.99. The zero-order valence-corrected chi connectivity index (χ0v) is 11.6. The number of hydrogen-bond donors (Lipinski definition) is 0. The molecule has 1 saturated heterocycles. The highest BCUT2D eigenvalue weighted by Crippen LogP contribution is 2.22. The number of cyclic esters (lactones) is 1. The van der Waals surface area contributed by atoms with Crippen molar-refractivity contribution in [2.75, 3.05) is 18.9 Å². The van der Waals surface area contributed by atoms with Crippen LogP contribution in [-0.4, -0.2) is 51.0 Å². The molecule has 1 fully saturated rings. The molecule has 2 amide bonds. The van der Waals surface area contributed by atoms with Gasteiger partial charge in [-0.2, -0.15) is 0 Å². The fourth-order valence-electron chi connectivity index (χ4n) is 1.70. The Kier molecular flexibility index (Phi) is 3.82. The van der Waals surface area contributed by atoms with Crippen molar-refractivity contribution in [3.8, 4) is 11.5 Å². The maximum atomic E-state index is 11.8. The Morgan fingerprint density at radius 1 is 1.43 bits per heavy atom. The van der Waals surface area contributed by atoms with Gasteiger partial charge in [0.15, 0.2) is 0 Å². The summed E-state index contributed by atoms with van der Waals surface area (Å²) in [4.78, 5) is 28.1. The molecule has 0 spiro atoms. The van der Waals surface area contributed by atoms with Gasteiger partial charge >= 0.3 is 6.09 Å². The van der Waals surface area contributed by atoms with E-state index in [1.165, 1.54) is 0 Å². The van der Waals surface area contributed by atoms with Crippen LogP contribution in [0.3, 0.4) is 0 Å². The van der Waals surface area contributed by atoms with Gasteiger partial charge in [-0.15, -0.1) is 10.2 Å². The highest BCUT2D eigenvalue weighted by Gasteiger charge is 2.28. The van der Waals surface area contributed by atoms with E-state index in [1.807, 2.05) is 0 Å². The number of ether oxygens (including phenoxy) is 1.